The maximum atomic E-state index is 12.1. The zero-order chi connectivity index (χ0) is 8.70. The van der Waals surface area contributed by atoms with Gasteiger partial charge in [-0.25, -0.2) is 0 Å². The van der Waals surface area contributed by atoms with E-state index in [1.54, 1.807) is 0 Å². The Labute approximate surface area is 62.5 Å². The van der Waals surface area contributed by atoms with Crippen LogP contribution in [-0.4, -0.2) is 24.9 Å². The van der Waals surface area contributed by atoms with Crippen LogP contribution in [0.25, 0.3) is 0 Å². The number of rotatable bonds is 2. The van der Waals surface area contributed by atoms with E-state index in [4.69, 9.17) is 5.73 Å². The Morgan fingerprint density at radius 1 is 1.45 bits per heavy atom. The van der Waals surface area contributed by atoms with Crippen LogP contribution in [0.2, 0.25) is 0 Å². The summed E-state index contributed by atoms with van der Waals surface area (Å²) in [5.74, 6) is 0. The van der Waals surface area contributed by atoms with Crippen molar-refractivity contribution < 1.29 is 17.9 Å². The predicted molar refractivity (Wildman–Crippen MR) is 33.0 cm³/mol. The minimum absolute atomic E-state index is 0.394. The summed E-state index contributed by atoms with van der Waals surface area (Å²) >= 11 is 0. The largest absolute Gasteiger partial charge is 0.416 e. The SMILES string of the molecule is COC(C(F)(F)F)C1(N)CC1. The van der Waals surface area contributed by atoms with Crippen LogP contribution >= 0.6 is 0 Å². The molecule has 11 heavy (non-hydrogen) atoms. The van der Waals surface area contributed by atoms with Crippen molar-refractivity contribution in [1.29, 1.82) is 0 Å². The van der Waals surface area contributed by atoms with E-state index in [1.165, 1.54) is 0 Å². The van der Waals surface area contributed by atoms with Gasteiger partial charge in [0.1, 0.15) is 0 Å². The number of halogens is 3. The summed E-state index contributed by atoms with van der Waals surface area (Å²) in [4.78, 5) is 0. The van der Waals surface area contributed by atoms with Crippen LogP contribution in [0.4, 0.5) is 13.2 Å². The van der Waals surface area contributed by atoms with Crippen LogP contribution in [0.1, 0.15) is 12.8 Å². The molecule has 0 heterocycles. The molecule has 1 saturated carbocycles. The summed E-state index contributed by atoms with van der Waals surface area (Å²) in [6.45, 7) is 0. The van der Waals surface area contributed by atoms with Gasteiger partial charge in [0.05, 0.1) is 5.54 Å². The first kappa shape index (κ1) is 8.80. The third-order valence-electron chi connectivity index (χ3n) is 1.88. The third-order valence-corrected chi connectivity index (χ3v) is 1.88. The van der Waals surface area contributed by atoms with E-state index in [-0.39, 0.29) is 0 Å². The molecule has 1 rings (SSSR count). The van der Waals surface area contributed by atoms with Crippen molar-refractivity contribution in [3.63, 3.8) is 0 Å². The Balaban J connectivity index is 2.64. The van der Waals surface area contributed by atoms with Gasteiger partial charge in [0, 0.05) is 7.11 Å². The molecule has 0 radical (unpaired) electrons. The summed E-state index contributed by atoms with van der Waals surface area (Å²) in [5, 5.41) is 0. The Kier molecular flexibility index (Phi) is 1.88. The first-order valence-electron chi connectivity index (χ1n) is 3.28. The van der Waals surface area contributed by atoms with Crippen molar-refractivity contribution >= 4 is 0 Å². The number of methoxy groups -OCH3 is 1. The number of nitrogens with two attached hydrogens (primary N) is 1. The second-order valence-electron chi connectivity index (χ2n) is 2.89. The molecule has 0 amide bonds. The summed E-state index contributed by atoms with van der Waals surface area (Å²) < 4.78 is 40.4. The standard InChI is InChI=1S/C6H10F3NO/c1-11-4(6(7,8)9)5(10)2-3-5/h4H,2-3,10H2,1H3. The molecule has 0 bridgehead atoms. The van der Waals surface area contributed by atoms with Gasteiger partial charge in [0.2, 0.25) is 0 Å². The molecule has 66 valence electrons. The molecule has 1 fully saturated rings. The third kappa shape index (κ3) is 1.65. The van der Waals surface area contributed by atoms with Crippen LogP contribution in [-0.2, 0) is 4.74 Å². The van der Waals surface area contributed by atoms with Gasteiger partial charge < -0.3 is 10.5 Å². The number of hydrogen-bond donors (Lipinski definition) is 1. The average Bonchev–Trinajstić information content (AvgIpc) is 2.45. The van der Waals surface area contributed by atoms with E-state index >= 15 is 0 Å². The molecular formula is C6H10F3NO. The molecule has 0 aromatic rings. The van der Waals surface area contributed by atoms with Crippen molar-refractivity contribution in [2.75, 3.05) is 7.11 Å². The summed E-state index contributed by atoms with van der Waals surface area (Å²) in [6, 6.07) is 0. The molecule has 0 aromatic heterocycles. The molecule has 1 aliphatic carbocycles. The van der Waals surface area contributed by atoms with Crippen LogP contribution in [0.5, 0.6) is 0 Å². The first-order chi connectivity index (χ1) is 4.90. The van der Waals surface area contributed by atoms with Crippen LogP contribution < -0.4 is 5.73 Å². The molecular weight excluding hydrogens is 159 g/mol. The van der Waals surface area contributed by atoms with Crippen molar-refractivity contribution in [2.45, 2.75) is 30.7 Å². The number of ether oxygens (including phenoxy) is 1. The van der Waals surface area contributed by atoms with E-state index in [0.29, 0.717) is 12.8 Å². The maximum Gasteiger partial charge on any atom is 0.416 e. The summed E-state index contributed by atoms with van der Waals surface area (Å²) in [5.41, 5.74) is 4.20. The lowest BCUT2D eigenvalue weighted by atomic mass is 10.1. The van der Waals surface area contributed by atoms with Gasteiger partial charge in [0.25, 0.3) is 0 Å². The van der Waals surface area contributed by atoms with Crippen LogP contribution in [0, 0.1) is 0 Å². The Bertz CT molecular complexity index is 147. The maximum absolute atomic E-state index is 12.1. The van der Waals surface area contributed by atoms with Gasteiger partial charge in [0.15, 0.2) is 6.10 Å². The molecule has 0 aromatic carbocycles. The lowest BCUT2D eigenvalue weighted by molar-refractivity contribution is -0.221. The highest BCUT2D eigenvalue weighted by atomic mass is 19.4. The number of hydrogen-bond acceptors (Lipinski definition) is 2. The van der Waals surface area contributed by atoms with Crippen LogP contribution in [0.3, 0.4) is 0 Å². The summed E-state index contributed by atoms with van der Waals surface area (Å²) in [7, 11) is 1.03. The molecule has 1 atom stereocenters. The Morgan fingerprint density at radius 3 is 2.00 bits per heavy atom. The first-order valence-corrected chi connectivity index (χ1v) is 3.28. The second kappa shape index (κ2) is 2.35. The van der Waals surface area contributed by atoms with E-state index in [9.17, 15) is 13.2 Å². The smallest absolute Gasteiger partial charge is 0.370 e. The van der Waals surface area contributed by atoms with Gasteiger partial charge in [-0.3, -0.25) is 0 Å². The van der Waals surface area contributed by atoms with Crippen molar-refractivity contribution in [1.82, 2.24) is 0 Å². The molecule has 0 aliphatic heterocycles. The molecule has 1 unspecified atom stereocenters. The fourth-order valence-electron chi connectivity index (χ4n) is 1.10. The Morgan fingerprint density at radius 2 is 1.91 bits per heavy atom. The molecule has 1 aliphatic rings. The molecule has 2 N–H and O–H groups in total. The highest BCUT2D eigenvalue weighted by Gasteiger charge is 2.58. The predicted octanol–water partition coefficient (Wildman–Crippen LogP) is 1.06. The lowest BCUT2D eigenvalue weighted by Crippen LogP contribution is -2.48. The van der Waals surface area contributed by atoms with E-state index in [0.717, 1.165) is 7.11 Å². The van der Waals surface area contributed by atoms with Crippen LogP contribution in [0.15, 0.2) is 0 Å². The average molecular weight is 169 g/mol. The van der Waals surface area contributed by atoms with Crippen molar-refractivity contribution in [2.24, 2.45) is 5.73 Å². The zero-order valence-electron chi connectivity index (χ0n) is 6.11. The van der Waals surface area contributed by atoms with Crippen molar-refractivity contribution in [3.05, 3.63) is 0 Å². The quantitative estimate of drug-likeness (QED) is 0.670. The van der Waals surface area contributed by atoms with Gasteiger partial charge in [-0.15, -0.1) is 0 Å². The van der Waals surface area contributed by atoms with Crippen molar-refractivity contribution in [3.8, 4) is 0 Å². The normalized spacial score (nSPS) is 24.8. The highest BCUT2D eigenvalue weighted by molar-refractivity contribution is 5.07. The monoisotopic (exact) mass is 169 g/mol. The van der Waals surface area contributed by atoms with Gasteiger partial charge >= 0.3 is 6.18 Å². The van der Waals surface area contributed by atoms with Gasteiger partial charge in [-0.05, 0) is 12.8 Å². The van der Waals surface area contributed by atoms with E-state index < -0.39 is 17.8 Å². The minimum atomic E-state index is -4.33. The minimum Gasteiger partial charge on any atom is -0.370 e. The zero-order valence-corrected chi connectivity index (χ0v) is 6.11. The van der Waals surface area contributed by atoms with Gasteiger partial charge in [-0.2, -0.15) is 13.2 Å². The fraction of sp³-hybridized carbons (Fsp3) is 1.00. The van der Waals surface area contributed by atoms with E-state index in [2.05, 4.69) is 4.74 Å². The topological polar surface area (TPSA) is 35.2 Å². The molecule has 0 spiro atoms. The Hall–Kier alpha value is -0.290. The van der Waals surface area contributed by atoms with Gasteiger partial charge in [-0.1, -0.05) is 0 Å². The molecule has 2 nitrogen and oxygen atoms in total. The summed E-state index contributed by atoms with van der Waals surface area (Å²) in [6.07, 6.45) is -5.34. The fourth-order valence-corrected chi connectivity index (χ4v) is 1.10. The number of alkyl halides is 3. The highest BCUT2D eigenvalue weighted by Crippen LogP contribution is 2.43. The van der Waals surface area contributed by atoms with E-state index in [1.807, 2.05) is 0 Å². The lowest BCUT2D eigenvalue weighted by Gasteiger charge is -2.24. The second-order valence-corrected chi connectivity index (χ2v) is 2.89. The molecule has 0 saturated heterocycles. The molecule has 5 heteroatoms.